The fourth-order valence-corrected chi connectivity index (χ4v) is 4.28. The van der Waals surface area contributed by atoms with Gasteiger partial charge in [-0.25, -0.2) is 0 Å². The summed E-state index contributed by atoms with van der Waals surface area (Å²) < 4.78 is 47.5. The Morgan fingerprint density at radius 2 is 1.66 bits per heavy atom. The van der Waals surface area contributed by atoms with Crippen LogP contribution in [0.25, 0.3) is 0 Å². The molecule has 32 heavy (non-hydrogen) atoms. The molecule has 1 aliphatic rings. The van der Waals surface area contributed by atoms with Gasteiger partial charge in [-0.3, -0.25) is 9.69 Å². The van der Waals surface area contributed by atoms with Crippen LogP contribution >= 0.6 is 0 Å². The van der Waals surface area contributed by atoms with E-state index >= 15 is 0 Å². The number of carbonyl (C=O) groups is 1. The Hall–Kier alpha value is -3.32. The Kier molecular flexibility index (Phi) is 6.19. The van der Waals surface area contributed by atoms with E-state index in [0.29, 0.717) is 36.4 Å². The first-order valence-electron chi connectivity index (χ1n) is 10.3. The number of hydrogen-bond acceptors (Lipinski definition) is 3. The van der Waals surface area contributed by atoms with Crippen molar-refractivity contribution in [3.8, 4) is 11.5 Å². The third kappa shape index (κ3) is 4.62. The number of nitrogens with zero attached hydrogens (tertiary/aromatic N) is 1. The van der Waals surface area contributed by atoms with E-state index in [2.05, 4.69) is 0 Å². The van der Waals surface area contributed by atoms with Gasteiger partial charge in [-0.05, 0) is 54.3 Å². The summed E-state index contributed by atoms with van der Waals surface area (Å²) in [6.45, 7) is 0.387. The van der Waals surface area contributed by atoms with Crippen LogP contribution in [0.2, 0.25) is 0 Å². The van der Waals surface area contributed by atoms with Crippen LogP contribution in [0.4, 0.5) is 13.2 Å². The molecule has 3 aromatic carbocycles. The molecule has 4 rings (SSSR count). The summed E-state index contributed by atoms with van der Waals surface area (Å²) in [5.41, 5.74) is -0.191. The summed E-state index contributed by atoms with van der Waals surface area (Å²) >= 11 is 0. The van der Waals surface area contributed by atoms with Gasteiger partial charge in [0.2, 0.25) is 0 Å². The number of alkyl halides is 3. The summed E-state index contributed by atoms with van der Waals surface area (Å²) in [6.07, 6.45) is -3.58. The molecule has 2 unspecified atom stereocenters. The zero-order chi connectivity index (χ0) is 22.7. The molecule has 1 saturated heterocycles. The third-order valence-corrected chi connectivity index (χ3v) is 5.62. The molecule has 1 aliphatic heterocycles. The Balaban J connectivity index is 1.81. The second-order valence-electron chi connectivity index (χ2n) is 7.71. The number of aliphatic carboxylic acids is 1. The molecule has 0 aromatic heterocycles. The minimum Gasteiger partial charge on any atom is -0.480 e. The van der Waals surface area contributed by atoms with Crippen molar-refractivity contribution in [1.29, 1.82) is 0 Å². The number of ether oxygens (including phenoxy) is 1. The highest BCUT2D eigenvalue weighted by molar-refractivity contribution is 5.74. The van der Waals surface area contributed by atoms with Crippen molar-refractivity contribution < 1.29 is 27.8 Å². The zero-order valence-electron chi connectivity index (χ0n) is 17.1. The molecule has 0 bridgehead atoms. The van der Waals surface area contributed by atoms with Gasteiger partial charge in [-0.15, -0.1) is 0 Å². The van der Waals surface area contributed by atoms with Crippen molar-refractivity contribution >= 4 is 5.97 Å². The average Bonchev–Trinajstić information content (AvgIpc) is 3.24. The number of benzene rings is 3. The first-order valence-corrected chi connectivity index (χ1v) is 10.3. The molecular formula is C25H22F3NO3. The lowest BCUT2D eigenvalue weighted by atomic mass is 9.92. The smallest absolute Gasteiger partial charge is 0.416 e. The Morgan fingerprint density at radius 3 is 2.38 bits per heavy atom. The van der Waals surface area contributed by atoms with Gasteiger partial charge in [-0.2, -0.15) is 13.2 Å². The van der Waals surface area contributed by atoms with E-state index < -0.39 is 29.8 Å². The molecule has 1 N–H and O–H groups in total. The maximum absolute atomic E-state index is 13.9. The monoisotopic (exact) mass is 441 g/mol. The second kappa shape index (κ2) is 9.04. The maximum Gasteiger partial charge on any atom is 0.416 e. The molecule has 4 nitrogen and oxygen atoms in total. The molecule has 0 radical (unpaired) electrons. The molecule has 1 fully saturated rings. The van der Waals surface area contributed by atoms with Crippen molar-refractivity contribution in [3.05, 3.63) is 95.6 Å². The van der Waals surface area contributed by atoms with Crippen molar-refractivity contribution in [2.45, 2.75) is 31.1 Å². The molecule has 3 aromatic rings. The highest BCUT2D eigenvalue weighted by Crippen LogP contribution is 2.42. The van der Waals surface area contributed by atoms with Crippen LogP contribution in [-0.2, 0) is 11.0 Å². The van der Waals surface area contributed by atoms with Crippen molar-refractivity contribution in [2.75, 3.05) is 6.54 Å². The van der Waals surface area contributed by atoms with Gasteiger partial charge in [0.15, 0.2) is 0 Å². The Morgan fingerprint density at radius 1 is 0.969 bits per heavy atom. The summed E-state index contributed by atoms with van der Waals surface area (Å²) in [6, 6.07) is 19.5. The predicted molar refractivity (Wildman–Crippen MR) is 114 cm³/mol. The summed E-state index contributed by atoms with van der Waals surface area (Å²) in [7, 11) is 0. The van der Waals surface area contributed by atoms with Gasteiger partial charge in [0.05, 0.1) is 11.6 Å². The number of rotatable bonds is 6. The van der Waals surface area contributed by atoms with Gasteiger partial charge in [0.25, 0.3) is 0 Å². The van der Waals surface area contributed by atoms with Crippen molar-refractivity contribution in [2.24, 2.45) is 0 Å². The number of para-hydroxylation sites is 1. The number of carboxylic acids is 1. The number of likely N-dealkylation sites (tertiary alicyclic amines) is 1. The van der Waals surface area contributed by atoms with Crippen molar-refractivity contribution in [3.63, 3.8) is 0 Å². The topological polar surface area (TPSA) is 49.8 Å². The third-order valence-electron chi connectivity index (χ3n) is 5.62. The van der Waals surface area contributed by atoms with E-state index in [-0.39, 0.29) is 5.56 Å². The normalized spacial score (nSPS) is 17.8. The van der Waals surface area contributed by atoms with Gasteiger partial charge in [0.1, 0.15) is 17.5 Å². The Bertz CT molecular complexity index is 1090. The quantitative estimate of drug-likeness (QED) is 0.500. The largest absolute Gasteiger partial charge is 0.480 e. The molecule has 0 spiro atoms. The van der Waals surface area contributed by atoms with E-state index in [1.807, 2.05) is 18.2 Å². The van der Waals surface area contributed by atoms with Crippen LogP contribution in [0.5, 0.6) is 11.5 Å². The lowest BCUT2D eigenvalue weighted by Gasteiger charge is -2.33. The van der Waals surface area contributed by atoms with E-state index in [0.717, 1.165) is 6.07 Å². The number of hydrogen-bond donors (Lipinski definition) is 1. The van der Waals surface area contributed by atoms with E-state index in [1.54, 1.807) is 47.4 Å². The van der Waals surface area contributed by atoms with Crippen LogP contribution in [0.1, 0.15) is 35.6 Å². The van der Waals surface area contributed by atoms with Crippen LogP contribution in [0.3, 0.4) is 0 Å². The summed E-state index contributed by atoms with van der Waals surface area (Å²) in [5, 5.41) is 9.72. The van der Waals surface area contributed by atoms with Crippen LogP contribution in [0.15, 0.2) is 78.9 Å². The van der Waals surface area contributed by atoms with Crippen LogP contribution in [-0.4, -0.2) is 28.6 Å². The Labute approximate surface area is 183 Å². The average molecular weight is 441 g/mol. The predicted octanol–water partition coefficient (Wildman–Crippen LogP) is 6.14. The lowest BCUT2D eigenvalue weighted by molar-refractivity contribution is -0.143. The fraction of sp³-hybridized carbons (Fsp3) is 0.240. The molecule has 0 aliphatic carbocycles. The standard InChI is InChI=1S/C25H22F3NO3/c26-25(27,28)21-13-5-4-12-20(21)23(29-15-7-14-22(29)24(30)31)17-8-6-11-19(16-17)32-18-9-2-1-3-10-18/h1-6,8-13,16,22-23H,7,14-15H2,(H,30,31). The minimum atomic E-state index is -4.56. The van der Waals surface area contributed by atoms with Crippen LogP contribution in [0, 0.1) is 0 Å². The van der Waals surface area contributed by atoms with E-state index in [9.17, 15) is 23.1 Å². The zero-order valence-corrected chi connectivity index (χ0v) is 17.1. The molecule has 2 atom stereocenters. The molecule has 0 amide bonds. The highest BCUT2D eigenvalue weighted by Gasteiger charge is 2.41. The molecular weight excluding hydrogens is 419 g/mol. The first-order chi connectivity index (χ1) is 15.3. The molecule has 166 valence electrons. The van der Waals surface area contributed by atoms with Crippen molar-refractivity contribution in [1.82, 2.24) is 4.90 Å². The first kappa shape index (κ1) is 21.9. The maximum atomic E-state index is 13.9. The van der Waals surface area contributed by atoms with Gasteiger partial charge in [0, 0.05) is 6.54 Å². The summed E-state index contributed by atoms with van der Waals surface area (Å²) in [5.74, 6) is 0.0319. The highest BCUT2D eigenvalue weighted by atomic mass is 19.4. The molecule has 7 heteroatoms. The van der Waals surface area contributed by atoms with E-state index in [4.69, 9.17) is 4.74 Å². The van der Waals surface area contributed by atoms with Gasteiger partial charge < -0.3 is 9.84 Å². The number of halogens is 3. The number of carboxylic acid groups (broad SMARTS) is 1. The lowest BCUT2D eigenvalue weighted by Crippen LogP contribution is -2.39. The fourth-order valence-electron chi connectivity index (χ4n) is 4.28. The SMILES string of the molecule is O=C(O)C1CCCN1C(c1cccc(Oc2ccccc2)c1)c1ccccc1C(F)(F)F. The van der Waals surface area contributed by atoms with Gasteiger partial charge in [-0.1, -0.05) is 48.5 Å². The minimum absolute atomic E-state index is 0.0324. The molecule has 1 heterocycles. The van der Waals surface area contributed by atoms with E-state index in [1.165, 1.54) is 12.1 Å². The second-order valence-corrected chi connectivity index (χ2v) is 7.71. The summed E-state index contributed by atoms with van der Waals surface area (Å²) in [4.78, 5) is 13.5. The van der Waals surface area contributed by atoms with Crippen LogP contribution < -0.4 is 4.74 Å². The molecule has 0 saturated carbocycles. The van der Waals surface area contributed by atoms with Gasteiger partial charge >= 0.3 is 12.1 Å².